The largest absolute Gasteiger partial charge is 0.192 e. The monoisotopic (exact) mass is 413 g/mol. The van der Waals surface area contributed by atoms with E-state index in [1.54, 1.807) is 0 Å². The Hall–Kier alpha value is -2.85. The lowest BCUT2D eigenvalue weighted by Gasteiger charge is -2.07. The average molecular weight is 414 g/mol. The molecule has 3 aromatic rings. The van der Waals surface area contributed by atoms with Crippen molar-refractivity contribution in [2.75, 3.05) is 0 Å². The molecule has 31 heavy (non-hydrogen) atoms. The van der Waals surface area contributed by atoms with E-state index in [1.807, 2.05) is 24.3 Å². The Morgan fingerprint density at radius 3 is 1.58 bits per heavy atom. The first-order valence-corrected chi connectivity index (χ1v) is 11.3. The maximum Gasteiger partial charge on any atom is 0.0991 e. The minimum Gasteiger partial charge on any atom is -0.192 e. The number of aryl methyl sites for hydroxylation is 2. The SMILES string of the molecule is CC(C)c1ccc(C#N)cc1.Cc1cccc(C(C)C)c1.Cc1ccccc1C(C)C. The third-order valence-electron chi connectivity index (χ3n) is 5.23. The molecule has 0 amide bonds. The standard InChI is InChI=1S/C10H11N.2C10H14/c1-8(2)10-5-3-9(7-11)4-6-10;1-8(2)10-6-4-5-9(3)7-10;1-8(2)10-7-5-4-6-9(10)3/h3-6,8H,1-2H3;2*4-8H,1-3H3. The molecule has 1 nitrogen and oxygen atoms in total. The van der Waals surface area contributed by atoms with Crippen molar-refractivity contribution >= 4 is 0 Å². The second kappa shape index (κ2) is 13.5. The van der Waals surface area contributed by atoms with Gasteiger partial charge in [-0.1, -0.05) is 108 Å². The lowest BCUT2D eigenvalue weighted by Crippen LogP contribution is -1.89. The third kappa shape index (κ3) is 9.67. The highest BCUT2D eigenvalue weighted by molar-refractivity contribution is 5.32. The van der Waals surface area contributed by atoms with Crippen LogP contribution in [0.1, 0.15) is 92.7 Å². The van der Waals surface area contributed by atoms with Gasteiger partial charge in [0.1, 0.15) is 0 Å². The Bertz CT molecular complexity index is 941. The molecule has 3 aromatic carbocycles. The summed E-state index contributed by atoms with van der Waals surface area (Å²) in [6.07, 6.45) is 0. The summed E-state index contributed by atoms with van der Waals surface area (Å²) in [5.41, 5.74) is 7.66. The fraction of sp³-hybridized carbons (Fsp3) is 0.367. The number of hydrogen-bond acceptors (Lipinski definition) is 1. The fourth-order valence-electron chi connectivity index (χ4n) is 3.21. The molecular formula is C30H39N. The molecule has 0 aliphatic heterocycles. The van der Waals surface area contributed by atoms with Crippen LogP contribution in [-0.4, -0.2) is 0 Å². The zero-order valence-corrected chi connectivity index (χ0v) is 20.6. The fourth-order valence-corrected chi connectivity index (χ4v) is 3.21. The van der Waals surface area contributed by atoms with Crippen LogP contribution in [0.5, 0.6) is 0 Å². The van der Waals surface area contributed by atoms with Gasteiger partial charge in [-0.05, 0) is 66.0 Å². The molecule has 0 radical (unpaired) electrons. The molecule has 0 aromatic heterocycles. The van der Waals surface area contributed by atoms with Gasteiger partial charge in [-0.2, -0.15) is 5.26 Å². The Morgan fingerprint density at radius 2 is 1.19 bits per heavy atom. The quantitative estimate of drug-likeness (QED) is 0.420. The van der Waals surface area contributed by atoms with E-state index in [0.29, 0.717) is 17.8 Å². The average Bonchev–Trinajstić information content (AvgIpc) is 2.75. The lowest BCUT2D eigenvalue weighted by atomic mass is 9.99. The van der Waals surface area contributed by atoms with Crippen molar-refractivity contribution < 1.29 is 0 Å². The van der Waals surface area contributed by atoms with E-state index < -0.39 is 0 Å². The van der Waals surface area contributed by atoms with Gasteiger partial charge in [0, 0.05) is 0 Å². The van der Waals surface area contributed by atoms with E-state index in [4.69, 9.17) is 5.26 Å². The summed E-state index contributed by atoms with van der Waals surface area (Å²) in [7, 11) is 0. The number of rotatable bonds is 3. The predicted octanol–water partition coefficient (Wildman–Crippen LogP) is 8.92. The van der Waals surface area contributed by atoms with Gasteiger partial charge in [-0.3, -0.25) is 0 Å². The Morgan fingerprint density at radius 1 is 0.613 bits per heavy atom. The van der Waals surface area contributed by atoms with E-state index in [0.717, 1.165) is 5.56 Å². The van der Waals surface area contributed by atoms with Gasteiger partial charge in [-0.25, -0.2) is 0 Å². The zero-order chi connectivity index (χ0) is 23.4. The lowest BCUT2D eigenvalue weighted by molar-refractivity contribution is 0.856. The molecule has 0 aliphatic carbocycles. The molecule has 0 heterocycles. The topological polar surface area (TPSA) is 23.8 Å². The van der Waals surface area contributed by atoms with Crippen molar-refractivity contribution in [1.82, 2.24) is 0 Å². The highest BCUT2D eigenvalue weighted by Gasteiger charge is 2.00. The molecule has 0 aliphatic rings. The molecule has 0 N–H and O–H groups in total. The third-order valence-corrected chi connectivity index (χ3v) is 5.23. The zero-order valence-electron chi connectivity index (χ0n) is 20.6. The summed E-state index contributed by atoms with van der Waals surface area (Å²) in [6.45, 7) is 17.5. The van der Waals surface area contributed by atoms with Crippen LogP contribution in [0.2, 0.25) is 0 Å². The molecular weight excluding hydrogens is 374 g/mol. The molecule has 0 saturated heterocycles. The second-order valence-electron chi connectivity index (χ2n) is 8.97. The molecule has 0 atom stereocenters. The van der Waals surface area contributed by atoms with Gasteiger partial charge in [0.15, 0.2) is 0 Å². The highest BCUT2D eigenvalue weighted by Crippen LogP contribution is 2.17. The van der Waals surface area contributed by atoms with E-state index in [-0.39, 0.29) is 0 Å². The van der Waals surface area contributed by atoms with Gasteiger partial charge in [0.25, 0.3) is 0 Å². The van der Waals surface area contributed by atoms with Crippen molar-refractivity contribution in [3.63, 3.8) is 0 Å². The van der Waals surface area contributed by atoms with Crippen LogP contribution in [0.3, 0.4) is 0 Å². The first kappa shape index (κ1) is 26.2. The second-order valence-corrected chi connectivity index (χ2v) is 8.97. The number of nitriles is 1. The van der Waals surface area contributed by atoms with Crippen LogP contribution in [0, 0.1) is 25.2 Å². The first-order valence-electron chi connectivity index (χ1n) is 11.3. The van der Waals surface area contributed by atoms with Crippen LogP contribution < -0.4 is 0 Å². The molecule has 0 saturated carbocycles. The normalized spacial score (nSPS) is 10.1. The number of benzene rings is 3. The van der Waals surface area contributed by atoms with Crippen molar-refractivity contribution in [3.05, 3.63) is 106 Å². The van der Waals surface area contributed by atoms with E-state index in [1.165, 1.54) is 27.8 Å². The predicted molar refractivity (Wildman–Crippen MR) is 136 cm³/mol. The van der Waals surface area contributed by atoms with E-state index in [9.17, 15) is 0 Å². The van der Waals surface area contributed by atoms with Crippen LogP contribution in [0.25, 0.3) is 0 Å². The summed E-state index contributed by atoms with van der Waals surface area (Å²) in [5.74, 6) is 1.85. The van der Waals surface area contributed by atoms with Crippen molar-refractivity contribution in [3.8, 4) is 6.07 Å². The number of nitrogens with zero attached hydrogens (tertiary/aromatic N) is 1. The Labute approximate surface area is 190 Å². The molecule has 164 valence electrons. The van der Waals surface area contributed by atoms with Crippen LogP contribution in [-0.2, 0) is 0 Å². The minimum absolute atomic E-state index is 0.544. The van der Waals surface area contributed by atoms with Gasteiger partial charge in [0.05, 0.1) is 11.6 Å². The van der Waals surface area contributed by atoms with Crippen LogP contribution in [0.4, 0.5) is 0 Å². The van der Waals surface area contributed by atoms with Crippen molar-refractivity contribution in [2.45, 2.75) is 73.1 Å². The van der Waals surface area contributed by atoms with Gasteiger partial charge < -0.3 is 0 Å². The molecule has 0 spiro atoms. The summed E-state index contributed by atoms with van der Waals surface area (Å²) in [4.78, 5) is 0. The minimum atomic E-state index is 0.544. The van der Waals surface area contributed by atoms with Gasteiger partial charge in [-0.15, -0.1) is 0 Å². The van der Waals surface area contributed by atoms with E-state index >= 15 is 0 Å². The molecule has 0 unspecified atom stereocenters. The van der Waals surface area contributed by atoms with Crippen molar-refractivity contribution in [1.29, 1.82) is 5.26 Å². The van der Waals surface area contributed by atoms with Gasteiger partial charge >= 0.3 is 0 Å². The molecule has 3 rings (SSSR count). The molecule has 0 fully saturated rings. The van der Waals surface area contributed by atoms with Crippen LogP contribution in [0.15, 0.2) is 72.8 Å². The van der Waals surface area contributed by atoms with Crippen LogP contribution >= 0.6 is 0 Å². The summed E-state index contributed by atoms with van der Waals surface area (Å²) < 4.78 is 0. The molecule has 0 bridgehead atoms. The highest BCUT2D eigenvalue weighted by atomic mass is 14.2. The summed E-state index contributed by atoms with van der Waals surface area (Å²) in [5, 5.41) is 8.52. The maximum absolute atomic E-state index is 8.52. The van der Waals surface area contributed by atoms with E-state index in [2.05, 4.69) is 110 Å². The maximum atomic E-state index is 8.52. The molecule has 1 heteroatoms. The first-order chi connectivity index (χ1) is 14.6. The number of hydrogen-bond donors (Lipinski definition) is 0. The Balaban J connectivity index is 0.000000233. The smallest absolute Gasteiger partial charge is 0.0991 e. The van der Waals surface area contributed by atoms with Crippen molar-refractivity contribution in [2.24, 2.45) is 0 Å². The Kier molecular flexibility index (Phi) is 11.4. The van der Waals surface area contributed by atoms with Gasteiger partial charge in [0.2, 0.25) is 0 Å². The summed E-state index contributed by atoms with van der Waals surface area (Å²) >= 11 is 0. The summed E-state index contributed by atoms with van der Waals surface area (Å²) in [6, 6.07) is 27.0.